The van der Waals surface area contributed by atoms with Gasteiger partial charge >= 0.3 is 0 Å². The number of carbonyl (C=O) groups excluding carboxylic acids is 3. The number of benzene rings is 3. The van der Waals surface area contributed by atoms with E-state index in [1.54, 1.807) is 12.1 Å². The number of rotatable bonds is 16. The number of hydrogen-bond donors (Lipinski definition) is 3. The number of hydrogen-bond acceptors (Lipinski definition) is 6. The lowest BCUT2D eigenvalue weighted by Gasteiger charge is -2.34. The van der Waals surface area contributed by atoms with Crippen LogP contribution in [0.25, 0.3) is 0 Å². The largest absolute Gasteiger partial charge is 0.457 e. The Labute approximate surface area is 254 Å². The fraction of sp³-hybridized carbons (Fsp3) is 0.417. The molecule has 0 bridgehead atoms. The Hall–Kier alpha value is -3.81. The van der Waals surface area contributed by atoms with Gasteiger partial charge in [0.25, 0.3) is 0 Å². The van der Waals surface area contributed by atoms with Crippen molar-refractivity contribution in [2.24, 2.45) is 11.8 Å². The minimum Gasteiger partial charge on any atom is -0.457 e. The van der Waals surface area contributed by atoms with E-state index in [4.69, 9.17) is 9.84 Å². The average Bonchev–Trinajstić information content (AvgIpc) is 3.04. The van der Waals surface area contributed by atoms with Crippen LogP contribution >= 0.6 is 0 Å². The molecule has 0 radical (unpaired) electrons. The first kappa shape index (κ1) is 32.1. The molecule has 1 amide bonds. The number of para-hydroxylation sites is 1. The van der Waals surface area contributed by atoms with E-state index in [9.17, 15) is 19.5 Å². The topological polar surface area (TPSA) is 113 Å². The molecule has 0 aliphatic heterocycles. The predicted molar refractivity (Wildman–Crippen MR) is 166 cm³/mol. The van der Waals surface area contributed by atoms with Gasteiger partial charge in [0.1, 0.15) is 18.1 Å². The zero-order valence-electron chi connectivity index (χ0n) is 24.7. The molecule has 1 saturated carbocycles. The minimum atomic E-state index is -0.884. The van der Waals surface area contributed by atoms with Crippen molar-refractivity contribution in [3.05, 3.63) is 96.1 Å². The number of aliphatic hydroxyl groups excluding tert-OH is 2. The lowest BCUT2D eigenvalue weighted by molar-refractivity contribution is -0.127. The van der Waals surface area contributed by atoms with Gasteiger partial charge in [-0.1, -0.05) is 92.8 Å². The average molecular weight is 586 g/mol. The molecular weight excluding hydrogens is 542 g/mol. The van der Waals surface area contributed by atoms with Gasteiger partial charge in [-0.2, -0.15) is 0 Å². The Balaban J connectivity index is 1.48. The molecule has 1 aliphatic carbocycles. The van der Waals surface area contributed by atoms with E-state index in [-0.39, 0.29) is 30.4 Å². The Kier molecular flexibility index (Phi) is 12.5. The second kappa shape index (κ2) is 16.7. The molecule has 3 aromatic rings. The molecule has 0 unspecified atom stereocenters. The SMILES string of the molecule is O=C(CO)CCC(=O)N[C@@H](Cc1ccccc1)[C@@H](O)C[C@@H](CC(=O)c1cccc(Oc2ccccc2)c1)C1CCCCC1. The summed E-state index contributed by atoms with van der Waals surface area (Å²) in [5.41, 5.74) is 1.55. The van der Waals surface area contributed by atoms with Crippen molar-refractivity contribution >= 4 is 17.5 Å². The van der Waals surface area contributed by atoms with E-state index >= 15 is 0 Å². The van der Waals surface area contributed by atoms with Gasteiger partial charge in [0, 0.05) is 24.8 Å². The maximum absolute atomic E-state index is 13.6. The lowest BCUT2D eigenvalue weighted by atomic mass is 9.74. The summed E-state index contributed by atoms with van der Waals surface area (Å²) in [5, 5.41) is 23.5. The maximum atomic E-state index is 13.6. The number of ketones is 2. The molecule has 3 aromatic carbocycles. The number of ether oxygens (including phenoxy) is 1. The molecule has 228 valence electrons. The van der Waals surface area contributed by atoms with Gasteiger partial charge in [0.05, 0.1) is 12.1 Å². The number of aliphatic hydroxyl groups is 2. The van der Waals surface area contributed by atoms with Crippen molar-refractivity contribution in [1.29, 1.82) is 0 Å². The highest BCUT2D eigenvalue weighted by molar-refractivity contribution is 5.96. The van der Waals surface area contributed by atoms with Crippen LogP contribution < -0.4 is 10.1 Å². The standard InChI is InChI=1S/C36H43NO6/c38-25-30(39)19-20-36(42)37-33(21-26-11-4-1-5-12-26)35(41)24-29(27-13-6-2-7-14-27)23-34(40)28-15-10-18-32(22-28)43-31-16-8-3-9-17-31/h1,3-5,8-12,15-18,22,27,29,33,35,38,41H,2,6-7,13-14,19-21,23-25H2,(H,37,42)/t29-,33+,35+/m1/s1. The molecular formula is C36H43NO6. The monoisotopic (exact) mass is 585 g/mol. The molecule has 4 rings (SSSR count). The molecule has 0 heterocycles. The third-order valence-corrected chi connectivity index (χ3v) is 8.36. The molecule has 0 saturated heterocycles. The summed E-state index contributed by atoms with van der Waals surface area (Å²) in [4.78, 5) is 38.0. The van der Waals surface area contributed by atoms with Gasteiger partial charge in [-0.25, -0.2) is 0 Å². The van der Waals surface area contributed by atoms with Crippen molar-refractivity contribution in [1.82, 2.24) is 5.32 Å². The second-order valence-corrected chi connectivity index (χ2v) is 11.6. The summed E-state index contributed by atoms with van der Waals surface area (Å²) < 4.78 is 5.95. The van der Waals surface area contributed by atoms with Crippen molar-refractivity contribution in [3.63, 3.8) is 0 Å². The Bertz CT molecular complexity index is 1310. The van der Waals surface area contributed by atoms with Crippen molar-refractivity contribution < 1.29 is 29.3 Å². The van der Waals surface area contributed by atoms with E-state index in [1.165, 1.54) is 6.42 Å². The van der Waals surface area contributed by atoms with Gasteiger partial charge in [-0.15, -0.1) is 0 Å². The van der Waals surface area contributed by atoms with Crippen LogP contribution in [0.1, 0.15) is 73.7 Å². The Morgan fingerprint density at radius 2 is 1.51 bits per heavy atom. The molecule has 0 aromatic heterocycles. The van der Waals surface area contributed by atoms with E-state index in [0.29, 0.717) is 42.2 Å². The summed E-state index contributed by atoms with van der Waals surface area (Å²) in [6.45, 7) is -0.596. The molecule has 3 atom stereocenters. The fourth-order valence-electron chi connectivity index (χ4n) is 6.00. The van der Waals surface area contributed by atoms with Crippen LogP contribution in [0.3, 0.4) is 0 Å². The van der Waals surface area contributed by atoms with Crippen LogP contribution in [0.4, 0.5) is 0 Å². The van der Waals surface area contributed by atoms with Crippen molar-refractivity contribution in [3.8, 4) is 11.5 Å². The Morgan fingerprint density at radius 3 is 2.21 bits per heavy atom. The van der Waals surface area contributed by atoms with Crippen LogP contribution in [-0.4, -0.2) is 46.4 Å². The van der Waals surface area contributed by atoms with E-state index in [1.807, 2.05) is 72.8 Å². The zero-order chi connectivity index (χ0) is 30.4. The zero-order valence-corrected chi connectivity index (χ0v) is 24.7. The van der Waals surface area contributed by atoms with E-state index < -0.39 is 24.5 Å². The van der Waals surface area contributed by atoms with Gasteiger partial charge in [-0.05, 0) is 54.5 Å². The fourth-order valence-corrected chi connectivity index (χ4v) is 6.00. The van der Waals surface area contributed by atoms with Crippen LogP contribution in [0.15, 0.2) is 84.9 Å². The summed E-state index contributed by atoms with van der Waals surface area (Å²) in [5.74, 6) is 0.817. The summed E-state index contributed by atoms with van der Waals surface area (Å²) in [7, 11) is 0. The lowest BCUT2D eigenvalue weighted by Crippen LogP contribution is -2.46. The molecule has 0 spiro atoms. The van der Waals surface area contributed by atoms with Crippen molar-refractivity contribution in [2.45, 2.75) is 76.4 Å². The highest BCUT2D eigenvalue weighted by atomic mass is 16.5. The van der Waals surface area contributed by atoms with Crippen LogP contribution in [0, 0.1) is 11.8 Å². The summed E-state index contributed by atoms with van der Waals surface area (Å²) in [6, 6.07) is 25.7. The number of carbonyl (C=O) groups is 3. The Morgan fingerprint density at radius 1 is 0.837 bits per heavy atom. The van der Waals surface area contributed by atoms with Gasteiger partial charge in [-0.3, -0.25) is 14.4 Å². The van der Waals surface area contributed by atoms with E-state index in [2.05, 4.69) is 5.32 Å². The van der Waals surface area contributed by atoms with Gasteiger partial charge in [0.15, 0.2) is 11.6 Å². The molecule has 43 heavy (non-hydrogen) atoms. The van der Waals surface area contributed by atoms with Crippen LogP contribution in [-0.2, 0) is 16.0 Å². The number of Topliss-reactive ketones (excluding diaryl/α,β-unsaturated/α-hetero) is 2. The third kappa shape index (κ3) is 10.4. The normalized spacial score (nSPS) is 15.7. The predicted octanol–water partition coefficient (Wildman–Crippen LogP) is 6.07. The van der Waals surface area contributed by atoms with Crippen molar-refractivity contribution in [2.75, 3.05) is 6.61 Å². The van der Waals surface area contributed by atoms with E-state index in [0.717, 1.165) is 31.2 Å². The smallest absolute Gasteiger partial charge is 0.220 e. The first-order valence-electron chi connectivity index (χ1n) is 15.4. The highest BCUT2D eigenvalue weighted by Gasteiger charge is 2.31. The van der Waals surface area contributed by atoms with Gasteiger partial charge in [0.2, 0.25) is 5.91 Å². The quantitative estimate of drug-likeness (QED) is 0.176. The molecule has 1 fully saturated rings. The maximum Gasteiger partial charge on any atom is 0.220 e. The van der Waals surface area contributed by atoms with Crippen LogP contribution in [0.5, 0.6) is 11.5 Å². The first-order chi connectivity index (χ1) is 20.9. The molecule has 3 N–H and O–H groups in total. The highest BCUT2D eigenvalue weighted by Crippen LogP contribution is 2.36. The minimum absolute atomic E-state index is 0.00689. The first-order valence-corrected chi connectivity index (χ1v) is 15.4. The molecule has 1 aliphatic rings. The second-order valence-electron chi connectivity index (χ2n) is 11.6. The summed E-state index contributed by atoms with van der Waals surface area (Å²) >= 11 is 0. The number of amides is 1. The summed E-state index contributed by atoms with van der Waals surface area (Å²) in [6.07, 6.45) is 5.53. The number of nitrogens with one attached hydrogen (secondary N) is 1. The van der Waals surface area contributed by atoms with Gasteiger partial charge < -0.3 is 20.3 Å². The third-order valence-electron chi connectivity index (χ3n) is 8.36. The van der Waals surface area contributed by atoms with Crippen LogP contribution in [0.2, 0.25) is 0 Å². The molecule has 7 nitrogen and oxygen atoms in total. The molecule has 7 heteroatoms.